The molecular formula is C35H54. The van der Waals surface area contributed by atoms with Gasteiger partial charge in [-0.25, -0.2) is 0 Å². The first-order valence-electron chi connectivity index (χ1n) is 15.7. The Labute approximate surface area is 218 Å². The van der Waals surface area contributed by atoms with Gasteiger partial charge in [0.2, 0.25) is 0 Å². The molecule has 0 spiro atoms. The zero-order valence-electron chi connectivity index (χ0n) is 23.2. The lowest BCUT2D eigenvalue weighted by atomic mass is 9.69. The summed E-state index contributed by atoms with van der Waals surface area (Å²) in [5.74, 6) is 3.78. The van der Waals surface area contributed by atoms with Crippen molar-refractivity contribution < 1.29 is 0 Å². The molecule has 4 rings (SSSR count). The molecule has 0 N–H and O–H groups in total. The monoisotopic (exact) mass is 474 g/mol. The minimum atomic E-state index is 0.225. The lowest BCUT2D eigenvalue weighted by Gasteiger charge is -2.36. The Bertz CT molecular complexity index is 767. The standard InChI is InChI=1S/C35H54/c1-3-5-8-12-30-17-19-32(20-18-30)33-21-23-34(24-22-33)35(26-9-7-10-27-35)28-25-31-15-13-29(14-16-31)11-6-4-2/h7,9-10,21-24,26,29-32H,3-6,8,11-20,25,27-28H2,1-2H3. The zero-order chi connectivity index (χ0) is 24.3. The van der Waals surface area contributed by atoms with Crippen LogP contribution in [0.2, 0.25) is 0 Å². The Hall–Kier alpha value is -1.30. The van der Waals surface area contributed by atoms with Gasteiger partial charge in [-0.1, -0.05) is 133 Å². The number of hydrogen-bond acceptors (Lipinski definition) is 0. The van der Waals surface area contributed by atoms with Crippen LogP contribution < -0.4 is 0 Å². The summed E-state index contributed by atoms with van der Waals surface area (Å²) in [5.41, 5.74) is 3.40. The molecule has 0 aromatic heterocycles. The van der Waals surface area contributed by atoms with E-state index in [-0.39, 0.29) is 5.41 Å². The van der Waals surface area contributed by atoms with E-state index in [9.17, 15) is 0 Å². The summed E-state index contributed by atoms with van der Waals surface area (Å²) < 4.78 is 0. The molecule has 0 radical (unpaired) electrons. The van der Waals surface area contributed by atoms with Gasteiger partial charge in [0, 0.05) is 5.41 Å². The molecule has 1 aromatic carbocycles. The highest BCUT2D eigenvalue weighted by Crippen LogP contribution is 2.43. The molecule has 0 nitrogen and oxygen atoms in total. The van der Waals surface area contributed by atoms with E-state index in [1.54, 1.807) is 11.1 Å². The van der Waals surface area contributed by atoms with Crippen LogP contribution in [-0.4, -0.2) is 0 Å². The first-order valence-corrected chi connectivity index (χ1v) is 15.7. The minimum Gasteiger partial charge on any atom is -0.0833 e. The van der Waals surface area contributed by atoms with Crippen molar-refractivity contribution in [2.24, 2.45) is 17.8 Å². The van der Waals surface area contributed by atoms with E-state index in [0.717, 1.165) is 23.7 Å². The third-order valence-electron chi connectivity index (χ3n) is 10.1. The van der Waals surface area contributed by atoms with E-state index in [2.05, 4.69) is 62.4 Å². The van der Waals surface area contributed by atoms with Crippen molar-refractivity contribution in [3.8, 4) is 0 Å². The van der Waals surface area contributed by atoms with Gasteiger partial charge in [0.1, 0.15) is 0 Å². The fourth-order valence-corrected chi connectivity index (χ4v) is 7.53. The molecule has 0 amide bonds. The average molecular weight is 475 g/mol. The first kappa shape index (κ1) is 26.8. The molecule has 0 aliphatic heterocycles. The van der Waals surface area contributed by atoms with Gasteiger partial charge in [-0.2, -0.15) is 0 Å². The van der Waals surface area contributed by atoms with Crippen LogP contribution in [0.4, 0.5) is 0 Å². The van der Waals surface area contributed by atoms with Crippen molar-refractivity contribution in [1.29, 1.82) is 0 Å². The van der Waals surface area contributed by atoms with Crippen LogP contribution in [0, 0.1) is 17.8 Å². The molecule has 2 fully saturated rings. The Morgan fingerprint density at radius 3 is 1.86 bits per heavy atom. The SMILES string of the molecule is CCCCCC1CCC(c2ccc(C3(CCC4CCC(CCCC)CC4)C=CC=CC3)cc2)CC1. The average Bonchev–Trinajstić information content (AvgIpc) is 2.92. The largest absolute Gasteiger partial charge is 0.0833 e. The van der Waals surface area contributed by atoms with Gasteiger partial charge in [-0.05, 0) is 79.7 Å². The summed E-state index contributed by atoms with van der Waals surface area (Å²) in [5, 5.41) is 0. The summed E-state index contributed by atoms with van der Waals surface area (Å²) in [6.45, 7) is 4.66. The molecule has 2 saturated carbocycles. The molecule has 194 valence electrons. The minimum absolute atomic E-state index is 0.225. The van der Waals surface area contributed by atoms with E-state index >= 15 is 0 Å². The van der Waals surface area contributed by atoms with Crippen molar-refractivity contribution in [2.75, 3.05) is 0 Å². The van der Waals surface area contributed by atoms with Gasteiger partial charge in [-0.3, -0.25) is 0 Å². The van der Waals surface area contributed by atoms with Crippen LogP contribution in [0.15, 0.2) is 48.6 Å². The summed E-state index contributed by atoms with van der Waals surface area (Å²) in [6, 6.07) is 10.0. The van der Waals surface area contributed by atoms with Crippen LogP contribution >= 0.6 is 0 Å². The van der Waals surface area contributed by atoms with Crippen LogP contribution in [0.5, 0.6) is 0 Å². The summed E-state index contributed by atoms with van der Waals surface area (Å²) in [6.07, 6.45) is 35.1. The molecule has 0 saturated heterocycles. The normalized spacial score (nSPS) is 31.0. The molecule has 0 heteroatoms. The van der Waals surface area contributed by atoms with Gasteiger partial charge >= 0.3 is 0 Å². The van der Waals surface area contributed by atoms with Crippen LogP contribution in [0.3, 0.4) is 0 Å². The van der Waals surface area contributed by atoms with Crippen LogP contribution in [0.25, 0.3) is 0 Å². The van der Waals surface area contributed by atoms with Crippen molar-refractivity contribution in [3.05, 3.63) is 59.7 Å². The molecule has 0 heterocycles. The van der Waals surface area contributed by atoms with Crippen molar-refractivity contribution >= 4 is 0 Å². The van der Waals surface area contributed by atoms with E-state index in [0.29, 0.717) is 0 Å². The second-order valence-corrected chi connectivity index (χ2v) is 12.6. The Morgan fingerprint density at radius 1 is 0.657 bits per heavy atom. The van der Waals surface area contributed by atoms with Crippen LogP contribution in [0.1, 0.15) is 146 Å². The van der Waals surface area contributed by atoms with E-state index in [4.69, 9.17) is 0 Å². The van der Waals surface area contributed by atoms with Crippen molar-refractivity contribution in [1.82, 2.24) is 0 Å². The fraction of sp³-hybridized carbons (Fsp3) is 0.714. The zero-order valence-corrected chi connectivity index (χ0v) is 23.2. The van der Waals surface area contributed by atoms with Gasteiger partial charge in [0.25, 0.3) is 0 Å². The molecule has 0 bridgehead atoms. The maximum absolute atomic E-state index is 2.54. The third-order valence-corrected chi connectivity index (χ3v) is 10.1. The Balaban J connectivity index is 1.31. The summed E-state index contributed by atoms with van der Waals surface area (Å²) in [4.78, 5) is 0. The topological polar surface area (TPSA) is 0 Å². The molecular weight excluding hydrogens is 420 g/mol. The second-order valence-electron chi connectivity index (χ2n) is 12.6. The van der Waals surface area contributed by atoms with Gasteiger partial charge in [0.05, 0.1) is 0 Å². The summed E-state index contributed by atoms with van der Waals surface area (Å²) >= 11 is 0. The highest BCUT2D eigenvalue weighted by Gasteiger charge is 2.31. The number of allylic oxidation sites excluding steroid dienone is 4. The Morgan fingerprint density at radius 2 is 1.26 bits per heavy atom. The van der Waals surface area contributed by atoms with E-state index in [1.807, 2.05) is 0 Å². The van der Waals surface area contributed by atoms with Gasteiger partial charge in [0.15, 0.2) is 0 Å². The maximum atomic E-state index is 2.54. The van der Waals surface area contributed by atoms with Gasteiger partial charge < -0.3 is 0 Å². The van der Waals surface area contributed by atoms with E-state index in [1.165, 1.54) is 116 Å². The maximum Gasteiger partial charge on any atom is 0.0170 e. The van der Waals surface area contributed by atoms with Crippen molar-refractivity contribution in [3.63, 3.8) is 0 Å². The van der Waals surface area contributed by atoms with Gasteiger partial charge in [-0.15, -0.1) is 0 Å². The molecule has 1 aromatic rings. The predicted molar refractivity (Wildman–Crippen MR) is 154 cm³/mol. The third kappa shape index (κ3) is 7.60. The number of benzene rings is 1. The molecule has 3 aliphatic rings. The highest BCUT2D eigenvalue weighted by molar-refractivity contribution is 5.38. The highest BCUT2D eigenvalue weighted by atomic mass is 14.4. The van der Waals surface area contributed by atoms with Crippen molar-refractivity contribution in [2.45, 2.75) is 141 Å². The first-order chi connectivity index (χ1) is 17.2. The quantitative estimate of drug-likeness (QED) is 0.264. The summed E-state index contributed by atoms with van der Waals surface area (Å²) in [7, 11) is 0. The number of hydrogen-bond donors (Lipinski definition) is 0. The fourth-order valence-electron chi connectivity index (χ4n) is 7.53. The lowest BCUT2D eigenvalue weighted by molar-refractivity contribution is 0.237. The number of unbranched alkanes of at least 4 members (excludes halogenated alkanes) is 3. The predicted octanol–water partition coefficient (Wildman–Crippen LogP) is 11.1. The van der Waals surface area contributed by atoms with E-state index < -0.39 is 0 Å². The lowest BCUT2D eigenvalue weighted by Crippen LogP contribution is -2.26. The molecule has 35 heavy (non-hydrogen) atoms. The molecule has 1 unspecified atom stereocenters. The smallest absolute Gasteiger partial charge is 0.0170 e. The van der Waals surface area contributed by atoms with Crippen LogP contribution in [-0.2, 0) is 5.41 Å². The molecule has 1 atom stereocenters. The molecule has 3 aliphatic carbocycles. The Kier molecular flexibility index (Phi) is 10.6. The number of rotatable bonds is 12. The second kappa shape index (κ2) is 13.9.